The third kappa shape index (κ3) is 2.21. The third-order valence-corrected chi connectivity index (χ3v) is 5.73. The molecular formula is C26H17BO. The molecule has 0 fully saturated rings. The van der Waals surface area contributed by atoms with Crippen LogP contribution >= 0.6 is 0 Å². The SMILES string of the molecule is c1ccc(B2Oc3ccc4ccccc4c3-c3c2ccc2ccccc32)cc1. The Labute approximate surface area is 164 Å². The highest BCUT2D eigenvalue weighted by atomic mass is 16.4. The molecule has 0 amide bonds. The van der Waals surface area contributed by atoms with E-state index in [1.54, 1.807) is 0 Å². The van der Waals surface area contributed by atoms with E-state index in [4.69, 9.17) is 4.65 Å². The van der Waals surface area contributed by atoms with Crippen LogP contribution in [0.1, 0.15) is 0 Å². The van der Waals surface area contributed by atoms with Crippen molar-refractivity contribution in [3.05, 3.63) is 103 Å². The molecule has 0 bridgehead atoms. The summed E-state index contributed by atoms with van der Waals surface area (Å²) in [7, 11) is 0. The van der Waals surface area contributed by atoms with Crippen molar-refractivity contribution in [2.75, 3.05) is 0 Å². The van der Waals surface area contributed by atoms with E-state index in [9.17, 15) is 0 Å². The number of hydrogen-bond donors (Lipinski definition) is 0. The predicted molar refractivity (Wildman–Crippen MR) is 119 cm³/mol. The molecule has 0 saturated carbocycles. The van der Waals surface area contributed by atoms with Crippen molar-refractivity contribution in [3.63, 3.8) is 0 Å². The first-order valence-electron chi connectivity index (χ1n) is 9.65. The first kappa shape index (κ1) is 15.5. The topological polar surface area (TPSA) is 9.23 Å². The minimum absolute atomic E-state index is 0.102. The molecule has 1 heterocycles. The number of benzene rings is 5. The van der Waals surface area contributed by atoms with Crippen molar-refractivity contribution < 1.29 is 4.65 Å². The molecular weight excluding hydrogens is 339 g/mol. The van der Waals surface area contributed by atoms with Crippen molar-refractivity contribution >= 4 is 39.4 Å². The highest BCUT2D eigenvalue weighted by Gasteiger charge is 2.34. The lowest BCUT2D eigenvalue weighted by Gasteiger charge is -2.29. The third-order valence-electron chi connectivity index (χ3n) is 5.73. The molecule has 2 heteroatoms. The van der Waals surface area contributed by atoms with E-state index >= 15 is 0 Å². The Morgan fingerprint density at radius 2 is 1.11 bits per heavy atom. The van der Waals surface area contributed by atoms with Gasteiger partial charge in [0.15, 0.2) is 0 Å². The van der Waals surface area contributed by atoms with Gasteiger partial charge in [-0.2, -0.15) is 0 Å². The lowest BCUT2D eigenvalue weighted by molar-refractivity contribution is 0.591. The van der Waals surface area contributed by atoms with E-state index in [0.717, 1.165) is 5.75 Å². The molecule has 0 atom stereocenters. The van der Waals surface area contributed by atoms with Crippen LogP contribution in [-0.2, 0) is 0 Å². The number of hydrogen-bond acceptors (Lipinski definition) is 1. The summed E-state index contributed by atoms with van der Waals surface area (Å²) in [4.78, 5) is 0. The van der Waals surface area contributed by atoms with Crippen LogP contribution in [0.3, 0.4) is 0 Å². The Balaban J connectivity index is 1.76. The number of fused-ring (bicyclic) bond motifs is 7. The summed E-state index contributed by atoms with van der Waals surface area (Å²) < 4.78 is 6.60. The summed E-state index contributed by atoms with van der Waals surface area (Å²) in [5.41, 5.74) is 4.91. The minimum Gasteiger partial charge on any atom is -0.551 e. The van der Waals surface area contributed by atoms with Crippen LogP contribution in [0.4, 0.5) is 0 Å². The second-order valence-corrected chi connectivity index (χ2v) is 7.32. The molecule has 1 nitrogen and oxygen atoms in total. The Morgan fingerprint density at radius 3 is 1.86 bits per heavy atom. The summed E-state index contributed by atoms with van der Waals surface area (Å²) >= 11 is 0. The van der Waals surface area contributed by atoms with E-state index in [0.29, 0.717) is 0 Å². The van der Waals surface area contributed by atoms with Crippen LogP contribution in [0.15, 0.2) is 103 Å². The fourth-order valence-corrected chi connectivity index (χ4v) is 4.46. The van der Waals surface area contributed by atoms with Crippen LogP contribution in [0.25, 0.3) is 32.7 Å². The van der Waals surface area contributed by atoms with E-state index in [1.165, 1.54) is 43.6 Å². The van der Waals surface area contributed by atoms with Gasteiger partial charge in [-0.1, -0.05) is 97.1 Å². The van der Waals surface area contributed by atoms with Gasteiger partial charge in [-0.25, -0.2) is 0 Å². The molecule has 0 spiro atoms. The van der Waals surface area contributed by atoms with Gasteiger partial charge in [0.25, 0.3) is 0 Å². The van der Waals surface area contributed by atoms with Crippen molar-refractivity contribution in [1.29, 1.82) is 0 Å². The Morgan fingerprint density at radius 1 is 0.500 bits per heavy atom. The first-order chi connectivity index (χ1) is 13.9. The van der Waals surface area contributed by atoms with E-state index in [2.05, 4.69) is 103 Å². The minimum atomic E-state index is -0.102. The van der Waals surface area contributed by atoms with Crippen molar-refractivity contribution in [2.45, 2.75) is 0 Å². The molecule has 6 rings (SSSR count). The fraction of sp³-hybridized carbons (Fsp3) is 0. The van der Waals surface area contributed by atoms with Crippen LogP contribution in [0, 0.1) is 0 Å². The lowest BCUT2D eigenvalue weighted by atomic mass is 9.52. The molecule has 0 aliphatic carbocycles. The molecule has 5 aromatic carbocycles. The second-order valence-electron chi connectivity index (χ2n) is 7.32. The first-order valence-corrected chi connectivity index (χ1v) is 9.65. The standard InChI is InChI=1S/C26H17BO/c1-2-10-20(11-3-1)27-23-16-14-18-8-4-6-12-21(18)25(23)26-22-13-7-5-9-19(22)15-17-24(26)28-27/h1-17H. The summed E-state index contributed by atoms with van der Waals surface area (Å²) in [5.74, 6) is 0.955. The van der Waals surface area contributed by atoms with Gasteiger partial charge in [-0.05, 0) is 44.1 Å². The van der Waals surface area contributed by atoms with Crippen LogP contribution < -0.4 is 15.6 Å². The Bertz CT molecular complexity index is 1340. The molecule has 28 heavy (non-hydrogen) atoms. The van der Waals surface area contributed by atoms with Gasteiger partial charge in [0, 0.05) is 5.56 Å². The summed E-state index contributed by atoms with van der Waals surface area (Å²) in [5, 5.41) is 5.02. The van der Waals surface area contributed by atoms with Gasteiger partial charge >= 0.3 is 6.92 Å². The van der Waals surface area contributed by atoms with Gasteiger partial charge in [0.1, 0.15) is 5.75 Å². The van der Waals surface area contributed by atoms with Gasteiger partial charge in [0.05, 0.1) is 0 Å². The molecule has 0 radical (unpaired) electrons. The van der Waals surface area contributed by atoms with E-state index in [-0.39, 0.29) is 6.92 Å². The summed E-state index contributed by atoms with van der Waals surface area (Å²) in [6.45, 7) is -0.102. The van der Waals surface area contributed by atoms with Gasteiger partial charge in [0.2, 0.25) is 0 Å². The smallest absolute Gasteiger partial charge is 0.427 e. The van der Waals surface area contributed by atoms with Crippen molar-refractivity contribution in [1.82, 2.24) is 0 Å². The second kappa shape index (κ2) is 6.00. The molecule has 0 N–H and O–H groups in total. The van der Waals surface area contributed by atoms with Gasteiger partial charge < -0.3 is 4.65 Å². The normalized spacial score (nSPS) is 12.5. The zero-order valence-electron chi connectivity index (χ0n) is 15.3. The molecule has 0 saturated heterocycles. The molecule has 5 aromatic rings. The van der Waals surface area contributed by atoms with Crippen LogP contribution in [0.2, 0.25) is 0 Å². The molecule has 130 valence electrons. The van der Waals surface area contributed by atoms with Gasteiger partial charge in [-0.15, -0.1) is 0 Å². The largest absolute Gasteiger partial charge is 0.551 e. The summed E-state index contributed by atoms with van der Waals surface area (Å²) in [6.07, 6.45) is 0. The molecule has 0 aromatic heterocycles. The molecule has 1 aliphatic heterocycles. The zero-order chi connectivity index (χ0) is 18.5. The highest BCUT2D eigenvalue weighted by Crippen LogP contribution is 2.42. The van der Waals surface area contributed by atoms with Gasteiger partial charge in [-0.3, -0.25) is 0 Å². The average molecular weight is 356 g/mol. The Hall–Kier alpha value is -3.52. The molecule has 1 aliphatic rings. The maximum atomic E-state index is 6.60. The lowest BCUT2D eigenvalue weighted by Crippen LogP contribution is -2.50. The fourth-order valence-electron chi connectivity index (χ4n) is 4.46. The Kier molecular flexibility index (Phi) is 3.33. The number of rotatable bonds is 1. The molecule has 0 unspecified atom stereocenters. The highest BCUT2D eigenvalue weighted by molar-refractivity contribution is 6.82. The maximum Gasteiger partial charge on any atom is 0.427 e. The monoisotopic (exact) mass is 356 g/mol. The van der Waals surface area contributed by atoms with E-state index < -0.39 is 0 Å². The van der Waals surface area contributed by atoms with Crippen molar-refractivity contribution in [3.8, 4) is 16.9 Å². The van der Waals surface area contributed by atoms with E-state index in [1.807, 2.05) is 0 Å². The zero-order valence-corrected chi connectivity index (χ0v) is 15.3. The average Bonchev–Trinajstić information content (AvgIpc) is 2.78. The van der Waals surface area contributed by atoms with Crippen LogP contribution in [0.5, 0.6) is 5.75 Å². The van der Waals surface area contributed by atoms with Crippen molar-refractivity contribution in [2.24, 2.45) is 0 Å². The quantitative estimate of drug-likeness (QED) is 0.377. The summed E-state index contributed by atoms with van der Waals surface area (Å²) in [6, 6.07) is 36.5. The van der Waals surface area contributed by atoms with Crippen LogP contribution in [-0.4, -0.2) is 6.92 Å². The maximum absolute atomic E-state index is 6.60. The predicted octanol–water partition coefficient (Wildman–Crippen LogP) is 5.16.